The molecule has 0 atom stereocenters. The van der Waals surface area contributed by atoms with Crippen LogP contribution in [0.4, 0.5) is 0 Å². The minimum atomic E-state index is 1.23. The van der Waals surface area contributed by atoms with Gasteiger partial charge in [-0.05, 0) is 32.5 Å². The molecular formula is C22H47N. The van der Waals surface area contributed by atoms with Gasteiger partial charge in [-0.25, -0.2) is 0 Å². The smallest absolute Gasteiger partial charge is 0.00189 e. The number of rotatable bonds is 19. The Morgan fingerprint density at radius 3 is 1.13 bits per heavy atom. The Kier molecular flexibility index (Phi) is 20.0. The van der Waals surface area contributed by atoms with Crippen molar-refractivity contribution in [1.29, 1.82) is 0 Å². The molecule has 0 aromatic heterocycles. The number of hydrogen-bond donors (Lipinski definition) is 0. The van der Waals surface area contributed by atoms with Crippen LogP contribution in [0.2, 0.25) is 0 Å². The molecule has 0 fully saturated rings. The monoisotopic (exact) mass is 325 g/mol. The van der Waals surface area contributed by atoms with Gasteiger partial charge in [-0.2, -0.15) is 0 Å². The third-order valence-corrected chi connectivity index (χ3v) is 5.10. The summed E-state index contributed by atoms with van der Waals surface area (Å²) in [5, 5.41) is 0. The topological polar surface area (TPSA) is 3.24 Å². The fraction of sp³-hybridized carbons (Fsp3) is 1.00. The van der Waals surface area contributed by atoms with Crippen molar-refractivity contribution < 1.29 is 0 Å². The third kappa shape index (κ3) is 18.1. The van der Waals surface area contributed by atoms with Crippen LogP contribution in [0, 0.1) is 0 Å². The molecule has 140 valence electrons. The van der Waals surface area contributed by atoms with Crippen LogP contribution < -0.4 is 0 Å². The fourth-order valence-corrected chi connectivity index (χ4v) is 3.34. The maximum Gasteiger partial charge on any atom is -0.00189 e. The Morgan fingerprint density at radius 2 is 0.739 bits per heavy atom. The second-order valence-corrected chi connectivity index (χ2v) is 7.38. The summed E-state index contributed by atoms with van der Waals surface area (Å²) in [5.74, 6) is 0. The maximum atomic E-state index is 2.63. The molecule has 0 saturated carbocycles. The van der Waals surface area contributed by atoms with Crippen molar-refractivity contribution in [3.05, 3.63) is 0 Å². The summed E-state index contributed by atoms with van der Waals surface area (Å²) in [7, 11) is 0. The lowest BCUT2D eigenvalue weighted by Crippen LogP contribution is -2.25. The van der Waals surface area contributed by atoms with Crippen LogP contribution in [0.25, 0.3) is 0 Å². The van der Waals surface area contributed by atoms with E-state index in [0.717, 1.165) is 0 Å². The van der Waals surface area contributed by atoms with Crippen LogP contribution in [0.5, 0.6) is 0 Å². The summed E-state index contributed by atoms with van der Waals surface area (Å²) in [4.78, 5) is 2.63. The predicted octanol–water partition coefficient (Wildman–Crippen LogP) is 7.59. The van der Waals surface area contributed by atoms with Gasteiger partial charge in [0.2, 0.25) is 0 Å². The van der Waals surface area contributed by atoms with Gasteiger partial charge in [0.25, 0.3) is 0 Å². The molecule has 0 aliphatic rings. The minimum absolute atomic E-state index is 1.23. The average Bonchev–Trinajstić information content (AvgIpc) is 2.57. The Morgan fingerprint density at radius 1 is 0.391 bits per heavy atom. The zero-order valence-corrected chi connectivity index (χ0v) is 16.9. The first kappa shape index (κ1) is 23.0. The molecule has 0 spiro atoms. The van der Waals surface area contributed by atoms with Crippen molar-refractivity contribution >= 4 is 0 Å². The van der Waals surface area contributed by atoms with Crippen molar-refractivity contribution in [2.45, 2.75) is 124 Å². The van der Waals surface area contributed by atoms with Gasteiger partial charge in [0.05, 0.1) is 0 Å². The molecule has 0 rings (SSSR count). The van der Waals surface area contributed by atoms with E-state index < -0.39 is 0 Å². The van der Waals surface area contributed by atoms with E-state index in [1.165, 1.54) is 122 Å². The van der Waals surface area contributed by atoms with E-state index >= 15 is 0 Å². The molecule has 0 radical (unpaired) electrons. The molecule has 0 N–H and O–H groups in total. The lowest BCUT2D eigenvalue weighted by Gasteiger charge is -2.19. The molecule has 0 aromatic carbocycles. The summed E-state index contributed by atoms with van der Waals surface area (Å²) < 4.78 is 0. The Bertz CT molecular complexity index is 202. The third-order valence-electron chi connectivity index (χ3n) is 5.10. The van der Waals surface area contributed by atoms with Crippen molar-refractivity contribution in [3.8, 4) is 0 Å². The zero-order chi connectivity index (χ0) is 17.0. The van der Waals surface area contributed by atoms with Gasteiger partial charge in [-0.3, -0.25) is 0 Å². The van der Waals surface area contributed by atoms with E-state index in [2.05, 4.69) is 25.7 Å². The maximum absolute atomic E-state index is 2.63. The average molecular weight is 326 g/mol. The summed E-state index contributed by atoms with van der Waals surface area (Å²) >= 11 is 0. The minimum Gasteiger partial charge on any atom is -0.304 e. The van der Waals surface area contributed by atoms with Gasteiger partial charge in [0.1, 0.15) is 0 Å². The van der Waals surface area contributed by atoms with Gasteiger partial charge in [0, 0.05) is 0 Å². The summed E-state index contributed by atoms with van der Waals surface area (Å²) in [6.07, 6.45) is 23.1. The van der Waals surface area contributed by atoms with Gasteiger partial charge in [0.15, 0.2) is 0 Å². The zero-order valence-electron chi connectivity index (χ0n) is 16.9. The highest BCUT2D eigenvalue weighted by Gasteiger charge is 2.00. The molecule has 1 nitrogen and oxygen atoms in total. The second-order valence-electron chi connectivity index (χ2n) is 7.38. The van der Waals surface area contributed by atoms with Gasteiger partial charge >= 0.3 is 0 Å². The molecule has 0 aromatic rings. The molecule has 0 heterocycles. The Labute approximate surface area is 148 Å². The second kappa shape index (κ2) is 20.0. The molecule has 23 heavy (non-hydrogen) atoms. The normalized spacial score (nSPS) is 11.5. The van der Waals surface area contributed by atoms with E-state index in [-0.39, 0.29) is 0 Å². The van der Waals surface area contributed by atoms with Crippen LogP contribution in [0.1, 0.15) is 124 Å². The highest BCUT2D eigenvalue weighted by molar-refractivity contribution is 4.56. The first-order valence-electron chi connectivity index (χ1n) is 11.1. The van der Waals surface area contributed by atoms with E-state index in [1.807, 2.05) is 0 Å². The van der Waals surface area contributed by atoms with E-state index in [1.54, 1.807) is 0 Å². The van der Waals surface area contributed by atoms with Crippen LogP contribution in [-0.2, 0) is 0 Å². The summed E-state index contributed by atoms with van der Waals surface area (Å²) in [6.45, 7) is 10.8. The van der Waals surface area contributed by atoms with Crippen molar-refractivity contribution in [2.24, 2.45) is 0 Å². The lowest BCUT2D eigenvalue weighted by atomic mass is 10.0. The van der Waals surface area contributed by atoms with Crippen molar-refractivity contribution in [3.63, 3.8) is 0 Å². The number of hydrogen-bond acceptors (Lipinski definition) is 1. The first-order valence-corrected chi connectivity index (χ1v) is 11.1. The molecule has 0 unspecified atom stereocenters. The largest absolute Gasteiger partial charge is 0.304 e. The summed E-state index contributed by atoms with van der Waals surface area (Å²) in [5.41, 5.74) is 0. The first-order chi connectivity index (χ1) is 11.3. The van der Waals surface area contributed by atoms with E-state index in [0.29, 0.717) is 0 Å². The molecule has 0 bridgehead atoms. The Balaban J connectivity index is 3.12. The van der Waals surface area contributed by atoms with Crippen molar-refractivity contribution in [1.82, 2.24) is 4.90 Å². The number of unbranched alkanes of at least 4 members (excludes halogenated alkanes) is 14. The Hall–Kier alpha value is -0.0400. The molecule has 1 heteroatoms. The SMILES string of the molecule is CCCCCCCCCCCCCCCCN(CC)CCCC. The van der Waals surface area contributed by atoms with Crippen LogP contribution in [0.15, 0.2) is 0 Å². The molecule has 0 amide bonds. The van der Waals surface area contributed by atoms with Crippen molar-refractivity contribution in [2.75, 3.05) is 19.6 Å². The molecular weight excluding hydrogens is 278 g/mol. The lowest BCUT2D eigenvalue weighted by molar-refractivity contribution is 0.276. The molecule has 0 aliphatic carbocycles. The molecule has 0 saturated heterocycles. The molecule has 0 aliphatic heterocycles. The predicted molar refractivity (Wildman–Crippen MR) is 107 cm³/mol. The highest BCUT2D eigenvalue weighted by atomic mass is 15.1. The van der Waals surface area contributed by atoms with Crippen LogP contribution >= 0.6 is 0 Å². The van der Waals surface area contributed by atoms with Crippen LogP contribution in [-0.4, -0.2) is 24.5 Å². The van der Waals surface area contributed by atoms with E-state index in [4.69, 9.17) is 0 Å². The van der Waals surface area contributed by atoms with E-state index in [9.17, 15) is 0 Å². The fourth-order valence-electron chi connectivity index (χ4n) is 3.34. The highest BCUT2D eigenvalue weighted by Crippen LogP contribution is 2.13. The number of nitrogens with zero attached hydrogens (tertiary/aromatic N) is 1. The van der Waals surface area contributed by atoms with Crippen LogP contribution in [0.3, 0.4) is 0 Å². The van der Waals surface area contributed by atoms with Gasteiger partial charge in [-0.15, -0.1) is 0 Å². The quantitative estimate of drug-likeness (QED) is 0.221. The van der Waals surface area contributed by atoms with Gasteiger partial charge in [-0.1, -0.05) is 111 Å². The van der Waals surface area contributed by atoms with Gasteiger partial charge < -0.3 is 4.90 Å². The standard InChI is InChI=1S/C22H47N/c1-4-7-9-10-11-12-13-14-15-16-17-18-19-20-22-23(6-3)21-8-5-2/h4-22H2,1-3H3. The summed E-state index contributed by atoms with van der Waals surface area (Å²) in [6, 6.07) is 0.